The molecule has 0 saturated heterocycles. The van der Waals surface area contributed by atoms with Crippen LogP contribution in [-0.4, -0.2) is 30.3 Å². The molecule has 1 atom stereocenters. The Kier molecular flexibility index (Phi) is 7.81. The third kappa shape index (κ3) is 7.19. The van der Waals surface area contributed by atoms with Crippen molar-refractivity contribution < 1.29 is 9.59 Å². The minimum absolute atomic E-state index is 0.237. The topological polar surface area (TPSA) is 84.2 Å². The first-order valence-corrected chi connectivity index (χ1v) is 9.58. The fourth-order valence-electron chi connectivity index (χ4n) is 2.23. The predicted molar refractivity (Wildman–Crippen MR) is 105 cm³/mol. The Bertz CT molecular complexity index is 695. The normalized spacial score (nSPS) is 11.6. The number of thioether (sulfide) groups is 1. The summed E-state index contributed by atoms with van der Waals surface area (Å²) < 4.78 is 1.03. The van der Waals surface area contributed by atoms with Crippen LogP contribution in [0.5, 0.6) is 0 Å². The quantitative estimate of drug-likeness (QED) is 0.452. The fraction of sp³-hybridized carbons (Fsp3) is 0.222. The zero-order valence-corrected chi connectivity index (χ0v) is 16.0. The Morgan fingerprint density at radius 2 is 1.76 bits per heavy atom. The largest absolute Gasteiger partial charge is 0.353 e. The summed E-state index contributed by atoms with van der Waals surface area (Å²) in [6, 6.07) is 16.1. The first kappa shape index (κ1) is 19.3. The monoisotopic (exact) mass is 421 g/mol. The lowest BCUT2D eigenvalue weighted by Crippen LogP contribution is -2.50. The maximum atomic E-state index is 12.3. The Morgan fingerprint density at radius 1 is 1.08 bits per heavy atom. The average molecular weight is 422 g/mol. The van der Waals surface area contributed by atoms with E-state index in [0.717, 1.165) is 20.7 Å². The van der Waals surface area contributed by atoms with Crippen LogP contribution in [0.15, 0.2) is 64.0 Å². The van der Waals surface area contributed by atoms with Crippen LogP contribution in [0.4, 0.5) is 4.79 Å². The van der Waals surface area contributed by atoms with Crippen molar-refractivity contribution in [3.63, 3.8) is 0 Å². The number of carbonyl (C=O) groups excluding carboxylic acids is 2. The van der Waals surface area contributed by atoms with Crippen molar-refractivity contribution in [3.05, 3.63) is 64.6 Å². The first-order chi connectivity index (χ1) is 12.0. The minimum atomic E-state index is -0.708. The van der Waals surface area contributed by atoms with Gasteiger partial charge in [0.05, 0.1) is 0 Å². The van der Waals surface area contributed by atoms with E-state index >= 15 is 0 Å². The average Bonchev–Trinajstić information content (AvgIpc) is 2.60. The molecule has 0 aliphatic carbocycles. The van der Waals surface area contributed by atoms with Crippen LogP contribution in [0.3, 0.4) is 0 Å². The number of carbonyl (C=O) groups is 2. The predicted octanol–water partition coefficient (Wildman–Crippen LogP) is 2.94. The molecule has 0 spiro atoms. The van der Waals surface area contributed by atoms with Gasteiger partial charge in [-0.15, -0.1) is 11.8 Å². The van der Waals surface area contributed by atoms with Gasteiger partial charge in [-0.05, 0) is 29.8 Å². The molecule has 0 aliphatic heterocycles. The number of hydrogen-bond acceptors (Lipinski definition) is 3. The number of primary amides is 1. The van der Waals surface area contributed by atoms with Crippen molar-refractivity contribution in [3.8, 4) is 0 Å². The molecule has 0 radical (unpaired) electrons. The number of benzene rings is 2. The van der Waals surface area contributed by atoms with Gasteiger partial charge in [-0.3, -0.25) is 4.79 Å². The van der Waals surface area contributed by atoms with Crippen LogP contribution in [-0.2, 0) is 11.2 Å². The van der Waals surface area contributed by atoms with E-state index in [1.807, 2.05) is 54.6 Å². The molecule has 2 aromatic rings. The fourth-order valence-corrected chi connectivity index (χ4v) is 3.26. The smallest absolute Gasteiger partial charge is 0.312 e. The lowest BCUT2D eigenvalue weighted by atomic mass is 10.1. The van der Waals surface area contributed by atoms with Crippen molar-refractivity contribution in [2.45, 2.75) is 17.4 Å². The molecule has 0 heterocycles. The van der Waals surface area contributed by atoms with Gasteiger partial charge >= 0.3 is 6.03 Å². The highest BCUT2D eigenvalue weighted by Gasteiger charge is 2.19. The number of halogens is 1. The van der Waals surface area contributed by atoms with E-state index in [4.69, 9.17) is 5.73 Å². The van der Waals surface area contributed by atoms with Gasteiger partial charge in [-0.2, -0.15) is 0 Å². The molecule has 3 amide bonds. The highest BCUT2D eigenvalue weighted by Crippen LogP contribution is 2.19. The number of amides is 3. The molecule has 0 saturated carbocycles. The van der Waals surface area contributed by atoms with Crippen LogP contribution in [0.1, 0.15) is 5.56 Å². The van der Waals surface area contributed by atoms with Crippen LogP contribution < -0.4 is 16.4 Å². The molecule has 0 unspecified atom stereocenters. The summed E-state index contributed by atoms with van der Waals surface area (Å²) in [7, 11) is 0. The zero-order valence-electron chi connectivity index (χ0n) is 13.6. The van der Waals surface area contributed by atoms with E-state index in [-0.39, 0.29) is 5.91 Å². The molecule has 2 aromatic carbocycles. The molecule has 0 aliphatic rings. The molecule has 0 fully saturated rings. The van der Waals surface area contributed by atoms with Crippen molar-refractivity contribution in [1.82, 2.24) is 10.6 Å². The molecular formula is C18H20BrN3O2S. The Labute approximate surface area is 159 Å². The molecule has 4 N–H and O–H groups in total. The van der Waals surface area contributed by atoms with Crippen LogP contribution >= 0.6 is 27.7 Å². The number of nitrogens with two attached hydrogens (primary N) is 1. The summed E-state index contributed by atoms with van der Waals surface area (Å²) in [6.45, 7) is 0.505. The maximum absolute atomic E-state index is 12.3. The van der Waals surface area contributed by atoms with E-state index in [2.05, 4.69) is 26.6 Å². The van der Waals surface area contributed by atoms with E-state index in [1.54, 1.807) is 11.8 Å². The third-order valence-electron chi connectivity index (χ3n) is 3.40. The molecular weight excluding hydrogens is 402 g/mol. The van der Waals surface area contributed by atoms with E-state index in [9.17, 15) is 9.59 Å². The Morgan fingerprint density at radius 3 is 2.40 bits per heavy atom. The van der Waals surface area contributed by atoms with Gasteiger partial charge in [0.1, 0.15) is 6.04 Å². The third-order valence-corrected chi connectivity index (χ3v) is 4.94. The SMILES string of the molecule is NC(=O)N[C@H](Cc1ccccc1)C(=O)NCCSc1ccc(Br)cc1. The van der Waals surface area contributed by atoms with Crippen LogP contribution in [0.2, 0.25) is 0 Å². The van der Waals surface area contributed by atoms with E-state index in [0.29, 0.717) is 13.0 Å². The summed E-state index contributed by atoms with van der Waals surface area (Å²) in [4.78, 5) is 24.6. The molecule has 0 aromatic heterocycles. The molecule has 132 valence electrons. The second-order valence-electron chi connectivity index (χ2n) is 5.34. The number of urea groups is 1. The summed E-state index contributed by atoms with van der Waals surface area (Å²) in [5, 5.41) is 5.36. The molecule has 25 heavy (non-hydrogen) atoms. The van der Waals surface area contributed by atoms with Crippen molar-refractivity contribution in [2.75, 3.05) is 12.3 Å². The minimum Gasteiger partial charge on any atom is -0.353 e. The number of nitrogens with one attached hydrogen (secondary N) is 2. The van der Waals surface area contributed by atoms with Gasteiger partial charge in [0.15, 0.2) is 0 Å². The van der Waals surface area contributed by atoms with Crippen LogP contribution in [0, 0.1) is 0 Å². The summed E-state index contributed by atoms with van der Waals surface area (Å²) in [5.41, 5.74) is 6.15. The number of rotatable bonds is 8. The molecule has 0 bridgehead atoms. The Balaban J connectivity index is 1.82. The maximum Gasteiger partial charge on any atom is 0.312 e. The van der Waals surface area contributed by atoms with Gasteiger partial charge in [0.2, 0.25) is 5.91 Å². The van der Waals surface area contributed by atoms with Crippen molar-refractivity contribution in [1.29, 1.82) is 0 Å². The first-order valence-electron chi connectivity index (χ1n) is 7.80. The number of hydrogen-bond donors (Lipinski definition) is 3. The molecule has 7 heteroatoms. The van der Waals surface area contributed by atoms with Gasteiger partial charge in [0, 0.05) is 28.1 Å². The highest BCUT2D eigenvalue weighted by atomic mass is 79.9. The second-order valence-corrected chi connectivity index (χ2v) is 7.43. The van der Waals surface area contributed by atoms with Crippen molar-refractivity contribution >= 4 is 39.6 Å². The van der Waals surface area contributed by atoms with Gasteiger partial charge in [0.25, 0.3) is 0 Å². The van der Waals surface area contributed by atoms with Gasteiger partial charge in [-0.25, -0.2) is 4.79 Å². The summed E-state index contributed by atoms with van der Waals surface area (Å²) in [5.74, 6) is 0.501. The summed E-state index contributed by atoms with van der Waals surface area (Å²) in [6.07, 6.45) is 0.398. The van der Waals surface area contributed by atoms with Gasteiger partial charge in [-0.1, -0.05) is 46.3 Å². The molecule has 2 rings (SSSR count). The summed E-state index contributed by atoms with van der Waals surface area (Å²) >= 11 is 5.05. The highest BCUT2D eigenvalue weighted by molar-refractivity contribution is 9.10. The Hall–Kier alpha value is -1.99. The molecule has 5 nitrogen and oxygen atoms in total. The van der Waals surface area contributed by atoms with Crippen molar-refractivity contribution in [2.24, 2.45) is 5.73 Å². The second kappa shape index (κ2) is 10.1. The van der Waals surface area contributed by atoms with E-state index < -0.39 is 12.1 Å². The van der Waals surface area contributed by atoms with Gasteiger partial charge < -0.3 is 16.4 Å². The van der Waals surface area contributed by atoms with E-state index in [1.165, 1.54) is 0 Å². The van der Waals surface area contributed by atoms with Crippen LogP contribution in [0.25, 0.3) is 0 Å². The lowest BCUT2D eigenvalue weighted by molar-refractivity contribution is -0.122. The lowest BCUT2D eigenvalue weighted by Gasteiger charge is -2.17. The standard InChI is InChI=1S/C18H20BrN3O2S/c19-14-6-8-15(9-7-14)25-11-10-21-17(23)16(22-18(20)24)12-13-4-2-1-3-5-13/h1-9,16H,10-12H2,(H,21,23)(H3,20,22,24)/t16-/m1/s1. The zero-order chi connectivity index (χ0) is 18.1.